The normalized spacial score (nSPS) is 58.2. The first-order valence-electron chi connectivity index (χ1n) is 5.19. The summed E-state index contributed by atoms with van der Waals surface area (Å²) in [5.74, 6) is 0.534. The van der Waals surface area contributed by atoms with Crippen molar-refractivity contribution in [1.82, 2.24) is 0 Å². The molecule has 4 aliphatic rings. The molecule has 4 rings (SSSR count). The summed E-state index contributed by atoms with van der Waals surface area (Å²) < 4.78 is 5.78. The van der Waals surface area contributed by atoms with Crippen LogP contribution in [0.5, 0.6) is 0 Å². The van der Waals surface area contributed by atoms with Crippen LogP contribution in [-0.4, -0.2) is 16.5 Å². The van der Waals surface area contributed by atoms with E-state index in [9.17, 15) is 5.11 Å². The number of rotatable bonds is 1. The van der Waals surface area contributed by atoms with Gasteiger partial charge in [0.25, 0.3) is 0 Å². The van der Waals surface area contributed by atoms with E-state index in [1.54, 1.807) is 0 Å². The standard InChI is InChI=1S/C11H16O2/c1-2-10-4-8-3-9(5-10)7-11(12,6-8)13-10/h2,8-9,12H,1,3-7H2/t8-,9+,10?,11?. The monoisotopic (exact) mass is 180 g/mol. The van der Waals surface area contributed by atoms with Gasteiger partial charge in [0.15, 0.2) is 5.79 Å². The SMILES string of the molecule is C=CC12C[C@@H]3C[C@@H](CC(O)(C3)O1)C2. The van der Waals surface area contributed by atoms with Crippen LogP contribution in [0.1, 0.15) is 32.1 Å². The summed E-state index contributed by atoms with van der Waals surface area (Å²) in [6, 6.07) is 0. The van der Waals surface area contributed by atoms with Crippen LogP contribution >= 0.6 is 0 Å². The Kier molecular flexibility index (Phi) is 1.34. The number of hydrogen-bond donors (Lipinski definition) is 1. The van der Waals surface area contributed by atoms with Crippen molar-refractivity contribution in [2.45, 2.75) is 43.5 Å². The van der Waals surface area contributed by atoms with E-state index in [0.717, 1.165) is 25.7 Å². The minimum Gasteiger partial charge on any atom is -0.365 e. The average Bonchev–Trinajstić information content (AvgIpc) is 1.99. The Morgan fingerprint density at radius 2 is 1.85 bits per heavy atom. The maximum atomic E-state index is 10.1. The maximum Gasteiger partial charge on any atom is 0.167 e. The van der Waals surface area contributed by atoms with Crippen molar-refractivity contribution in [3.05, 3.63) is 12.7 Å². The molecule has 4 fully saturated rings. The molecular formula is C11H16O2. The first-order chi connectivity index (χ1) is 6.13. The second-order valence-corrected chi connectivity index (χ2v) is 5.10. The van der Waals surface area contributed by atoms with Crippen LogP contribution in [0.25, 0.3) is 0 Å². The quantitative estimate of drug-likeness (QED) is 0.624. The third-order valence-electron chi connectivity index (χ3n) is 3.92. The van der Waals surface area contributed by atoms with E-state index in [4.69, 9.17) is 4.74 Å². The fraction of sp³-hybridized carbons (Fsp3) is 0.818. The Hall–Kier alpha value is -0.340. The van der Waals surface area contributed by atoms with Gasteiger partial charge >= 0.3 is 0 Å². The first-order valence-corrected chi connectivity index (χ1v) is 5.19. The van der Waals surface area contributed by atoms with Crippen molar-refractivity contribution >= 4 is 0 Å². The second-order valence-electron chi connectivity index (χ2n) is 5.10. The summed E-state index contributed by atoms with van der Waals surface area (Å²) in [7, 11) is 0. The van der Waals surface area contributed by atoms with Gasteiger partial charge in [-0.3, -0.25) is 0 Å². The molecule has 0 aromatic carbocycles. The first kappa shape index (κ1) is 8.01. The maximum absolute atomic E-state index is 10.1. The van der Waals surface area contributed by atoms with E-state index in [-0.39, 0.29) is 5.60 Å². The van der Waals surface area contributed by atoms with E-state index < -0.39 is 5.79 Å². The second kappa shape index (κ2) is 2.18. The zero-order valence-electron chi connectivity index (χ0n) is 7.83. The molecule has 0 aromatic rings. The van der Waals surface area contributed by atoms with E-state index in [1.165, 1.54) is 6.42 Å². The van der Waals surface area contributed by atoms with Gasteiger partial charge in [-0.05, 0) is 31.1 Å². The molecule has 2 nitrogen and oxygen atoms in total. The molecule has 0 aromatic heterocycles. The van der Waals surface area contributed by atoms with Gasteiger partial charge in [-0.2, -0.15) is 0 Å². The Balaban J connectivity index is 2.00. The van der Waals surface area contributed by atoms with Crippen molar-refractivity contribution in [3.8, 4) is 0 Å². The summed E-state index contributed by atoms with van der Waals surface area (Å²) >= 11 is 0. The van der Waals surface area contributed by atoms with Gasteiger partial charge in [-0.25, -0.2) is 0 Å². The molecule has 4 bridgehead atoms. The highest BCUT2D eigenvalue weighted by Crippen LogP contribution is 2.56. The highest BCUT2D eigenvalue weighted by molar-refractivity contribution is 5.11. The third kappa shape index (κ3) is 1.02. The smallest absolute Gasteiger partial charge is 0.167 e. The van der Waals surface area contributed by atoms with Gasteiger partial charge < -0.3 is 9.84 Å². The Labute approximate surface area is 78.6 Å². The number of hydrogen-bond acceptors (Lipinski definition) is 2. The minimum absolute atomic E-state index is 0.182. The van der Waals surface area contributed by atoms with Crippen LogP contribution in [0.4, 0.5) is 0 Å². The molecule has 2 aliphatic heterocycles. The van der Waals surface area contributed by atoms with Crippen molar-refractivity contribution in [2.75, 3.05) is 0 Å². The van der Waals surface area contributed by atoms with E-state index >= 15 is 0 Å². The van der Waals surface area contributed by atoms with Gasteiger partial charge in [0.05, 0.1) is 5.60 Å². The lowest BCUT2D eigenvalue weighted by Gasteiger charge is -2.58. The lowest BCUT2D eigenvalue weighted by Crippen LogP contribution is -2.60. The topological polar surface area (TPSA) is 29.5 Å². The van der Waals surface area contributed by atoms with Crippen molar-refractivity contribution in [3.63, 3.8) is 0 Å². The molecule has 1 N–H and O–H groups in total. The van der Waals surface area contributed by atoms with E-state index in [1.807, 2.05) is 6.08 Å². The highest BCUT2D eigenvalue weighted by atomic mass is 16.6. The molecule has 2 saturated heterocycles. The zero-order chi connectivity index (χ0) is 9.10. The average molecular weight is 180 g/mol. The molecule has 13 heavy (non-hydrogen) atoms. The Morgan fingerprint density at radius 3 is 2.31 bits per heavy atom. The summed E-state index contributed by atoms with van der Waals surface area (Å²) in [4.78, 5) is 0. The fourth-order valence-corrected chi connectivity index (χ4v) is 3.75. The highest BCUT2D eigenvalue weighted by Gasteiger charge is 2.57. The molecule has 4 atom stereocenters. The van der Waals surface area contributed by atoms with Gasteiger partial charge in [0, 0.05) is 12.8 Å². The molecular weight excluding hydrogens is 164 g/mol. The van der Waals surface area contributed by atoms with Gasteiger partial charge in [-0.15, -0.1) is 6.58 Å². The minimum atomic E-state index is -0.807. The number of ether oxygens (including phenoxy) is 1. The van der Waals surface area contributed by atoms with Gasteiger partial charge in [-0.1, -0.05) is 6.08 Å². The van der Waals surface area contributed by atoms with Crippen molar-refractivity contribution in [2.24, 2.45) is 11.8 Å². The molecule has 2 heterocycles. The molecule has 2 aliphatic carbocycles. The number of aliphatic hydroxyl groups is 1. The summed E-state index contributed by atoms with van der Waals surface area (Å²) in [5, 5.41) is 10.1. The van der Waals surface area contributed by atoms with Crippen LogP contribution in [-0.2, 0) is 4.74 Å². The molecule has 0 amide bonds. The molecule has 72 valence electrons. The van der Waals surface area contributed by atoms with Crippen LogP contribution in [0.3, 0.4) is 0 Å². The molecule has 2 saturated carbocycles. The molecule has 0 radical (unpaired) electrons. The zero-order valence-corrected chi connectivity index (χ0v) is 7.83. The van der Waals surface area contributed by atoms with Gasteiger partial charge in [0.2, 0.25) is 0 Å². The summed E-state index contributed by atoms with van der Waals surface area (Å²) in [6.07, 6.45) is 7.06. The van der Waals surface area contributed by atoms with Crippen LogP contribution in [0.2, 0.25) is 0 Å². The predicted octanol–water partition coefficient (Wildman–Crippen LogP) is 1.84. The summed E-state index contributed by atoms with van der Waals surface area (Å²) in [6.45, 7) is 3.85. The lowest BCUT2D eigenvalue weighted by atomic mass is 9.61. The van der Waals surface area contributed by atoms with Crippen LogP contribution in [0, 0.1) is 11.8 Å². The Morgan fingerprint density at radius 1 is 1.23 bits per heavy atom. The molecule has 0 spiro atoms. The Bertz CT molecular complexity index is 245. The lowest BCUT2D eigenvalue weighted by molar-refractivity contribution is -0.341. The van der Waals surface area contributed by atoms with E-state index in [0.29, 0.717) is 11.8 Å². The van der Waals surface area contributed by atoms with Crippen molar-refractivity contribution < 1.29 is 9.84 Å². The molecule has 2 heteroatoms. The fourth-order valence-electron chi connectivity index (χ4n) is 3.75. The van der Waals surface area contributed by atoms with Crippen LogP contribution in [0.15, 0.2) is 12.7 Å². The predicted molar refractivity (Wildman–Crippen MR) is 49.0 cm³/mol. The van der Waals surface area contributed by atoms with Crippen LogP contribution < -0.4 is 0 Å². The largest absolute Gasteiger partial charge is 0.365 e. The summed E-state index contributed by atoms with van der Waals surface area (Å²) in [5.41, 5.74) is -0.182. The third-order valence-corrected chi connectivity index (χ3v) is 3.92. The molecule has 2 unspecified atom stereocenters. The van der Waals surface area contributed by atoms with Gasteiger partial charge in [0.1, 0.15) is 0 Å². The van der Waals surface area contributed by atoms with Crippen molar-refractivity contribution in [1.29, 1.82) is 0 Å². The van der Waals surface area contributed by atoms with E-state index in [2.05, 4.69) is 6.58 Å².